The number of benzene rings is 1. The van der Waals surface area contributed by atoms with E-state index >= 15 is 0 Å². The predicted molar refractivity (Wildman–Crippen MR) is 73.1 cm³/mol. The zero-order chi connectivity index (χ0) is 16.0. The van der Waals surface area contributed by atoms with Crippen LogP contribution in [0.5, 0.6) is 11.5 Å². The third kappa shape index (κ3) is 5.09. The molecule has 7 N–H and O–H groups in total. The Morgan fingerprint density at radius 1 is 1.48 bits per heavy atom. The van der Waals surface area contributed by atoms with Crippen LogP contribution in [0.2, 0.25) is 0 Å². The minimum absolute atomic E-state index is 0.0434. The molecule has 1 aromatic carbocycles. The first-order chi connectivity index (χ1) is 9.78. The molecular formula is C11H17N2O7P. The van der Waals surface area contributed by atoms with Gasteiger partial charge >= 0.3 is 14.6 Å². The van der Waals surface area contributed by atoms with Crippen LogP contribution in [0.3, 0.4) is 0 Å². The van der Waals surface area contributed by atoms with Crippen LogP contribution in [0, 0.1) is 0 Å². The molecule has 9 nitrogen and oxygen atoms in total. The fourth-order valence-electron chi connectivity index (χ4n) is 1.53. The molecule has 0 aliphatic carbocycles. The lowest BCUT2D eigenvalue weighted by Crippen LogP contribution is -2.54. The van der Waals surface area contributed by atoms with Gasteiger partial charge in [-0.1, -0.05) is 6.07 Å². The molecule has 0 aliphatic rings. The highest BCUT2D eigenvalue weighted by Crippen LogP contribution is 2.30. The van der Waals surface area contributed by atoms with Crippen molar-refractivity contribution in [1.82, 2.24) is 5.43 Å². The van der Waals surface area contributed by atoms with E-state index < -0.39 is 26.9 Å². The van der Waals surface area contributed by atoms with Gasteiger partial charge in [0.05, 0.1) is 0 Å². The molecule has 0 saturated carbocycles. The number of rotatable bonds is 8. The molecule has 1 atom stereocenters. The van der Waals surface area contributed by atoms with Crippen LogP contribution >= 0.6 is 8.60 Å². The van der Waals surface area contributed by atoms with Crippen molar-refractivity contribution in [3.8, 4) is 11.5 Å². The van der Waals surface area contributed by atoms with E-state index in [0.29, 0.717) is 5.56 Å². The first kappa shape index (κ1) is 17.6. The van der Waals surface area contributed by atoms with Crippen LogP contribution in [0.25, 0.3) is 0 Å². The fraction of sp³-hybridized carbons (Fsp3) is 0.364. The van der Waals surface area contributed by atoms with Gasteiger partial charge in [-0.3, -0.25) is 15.2 Å². The molecule has 0 fully saturated rings. The second kappa shape index (κ2) is 7.51. The summed E-state index contributed by atoms with van der Waals surface area (Å²) in [6.45, 7) is 0.970. The van der Waals surface area contributed by atoms with Crippen molar-refractivity contribution >= 4 is 14.6 Å². The Morgan fingerprint density at radius 3 is 2.62 bits per heavy atom. The van der Waals surface area contributed by atoms with Gasteiger partial charge in [-0.15, -0.1) is 0 Å². The zero-order valence-electron chi connectivity index (χ0n) is 11.2. The monoisotopic (exact) mass is 320 g/mol. The summed E-state index contributed by atoms with van der Waals surface area (Å²) in [5.41, 5.74) is 1.37. The largest absolute Gasteiger partial charge is 0.504 e. The number of nitrogens with one attached hydrogen (secondary N) is 1. The highest BCUT2D eigenvalue weighted by molar-refractivity contribution is 7.39. The molecular weight excluding hydrogens is 303 g/mol. The molecule has 0 radical (unpaired) electrons. The first-order valence-electron chi connectivity index (χ1n) is 5.75. The number of phenols is 1. The summed E-state index contributed by atoms with van der Waals surface area (Å²) in [7, 11) is -2.53. The van der Waals surface area contributed by atoms with Crippen LogP contribution in [0.1, 0.15) is 12.5 Å². The van der Waals surface area contributed by atoms with E-state index in [2.05, 4.69) is 9.95 Å². The zero-order valence-corrected chi connectivity index (χ0v) is 12.1. The average molecular weight is 320 g/mol. The summed E-state index contributed by atoms with van der Waals surface area (Å²) in [4.78, 5) is 28.2. The summed E-state index contributed by atoms with van der Waals surface area (Å²) >= 11 is 0. The Hall–Kier alpha value is -1.48. The van der Waals surface area contributed by atoms with Crippen molar-refractivity contribution in [1.29, 1.82) is 0 Å². The SMILES string of the molecule is C[C@@](Cc1ccc(OCOP(O)O)c(O)c1)(NN)C(=O)O. The number of aromatic hydroxyl groups is 1. The highest BCUT2D eigenvalue weighted by Gasteiger charge is 2.32. The molecule has 1 rings (SSSR count). The van der Waals surface area contributed by atoms with Gasteiger partial charge in [0.15, 0.2) is 18.3 Å². The van der Waals surface area contributed by atoms with E-state index in [1.807, 2.05) is 0 Å². The molecule has 118 valence electrons. The van der Waals surface area contributed by atoms with Crippen LogP contribution < -0.4 is 16.0 Å². The summed E-state index contributed by atoms with van der Waals surface area (Å²) < 4.78 is 9.37. The van der Waals surface area contributed by atoms with E-state index in [-0.39, 0.29) is 17.9 Å². The van der Waals surface area contributed by atoms with Gasteiger partial charge in [-0.25, -0.2) is 5.43 Å². The summed E-state index contributed by atoms with van der Waals surface area (Å²) in [6.07, 6.45) is 0.0434. The molecule has 0 heterocycles. The maximum Gasteiger partial charge on any atom is 0.330 e. The molecule has 10 heteroatoms. The maximum absolute atomic E-state index is 11.1. The van der Waals surface area contributed by atoms with Gasteiger partial charge in [0.2, 0.25) is 0 Å². The van der Waals surface area contributed by atoms with Crippen molar-refractivity contribution in [3.63, 3.8) is 0 Å². The molecule has 0 amide bonds. The summed E-state index contributed by atoms with van der Waals surface area (Å²) in [5.74, 6) is 3.94. The standard InChI is InChI=1S/C11H17N2O7P/c1-11(13-12,10(15)16)5-7-2-3-9(8(14)4-7)19-6-20-21(17)18/h2-4,13-14,17-18H,5-6,12H2,1H3,(H,15,16)/t11-/m0/s1. The van der Waals surface area contributed by atoms with Gasteiger partial charge in [-0.2, -0.15) is 0 Å². The molecule has 1 aromatic rings. The minimum atomic E-state index is -2.53. The average Bonchev–Trinajstić information content (AvgIpc) is 2.40. The van der Waals surface area contributed by atoms with Gasteiger partial charge in [0.25, 0.3) is 0 Å². The van der Waals surface area contributed by atoms with Crippen LogP contribution in [-0.4, -0.2) is 38.3 Å². The van der Waals surface area contributed by atoms with Crippen molar-refractivity contribution < 1.29 is 34.1 Å². The van der Waals surface area contributed by atoms with E-state index in [1.54, 1.807) is 6.07 Å². The van der Waals surface area contributed by atoms with E-state index in [1.165, 1.54) is 19.1 Å². The number of aliphatic carboxylic acids is 1. The highest BCUT2D eigenvalue weighted by atomic mass is 31.2. The number of phenolic OH excluding ortho intramolecular Hbond substituents is 1. The Bertz CT molecular complexity index is 499. The Kier molecular flexibility index (Phi) is 6.28. The Balaban J connectivity index is 2.76. The van der Waals surface area contributed by atoms with Crippen molar-refractivity contribution in [2.45, 2.75) is 18.9 Å². The van der Waals surface area contributed by atoms with Crippen molar-refractivity contribution in [2.75, 3.05) is 6.79 Å². The second-order valence-electron chi connectivity index (χ2n) is 4.40. The van der Waals surface area contributed by atoms with Crippen molar-refractivity contribution in [3.05, 3.63) is 23.8 Å². The third-order valence-electron chi connectivity index (χ3n) is 2.75. The smallest absolute Gasteiger partial charge is 0.330 e. The van der Waals surface area contributed by atoms with Gasteiger partial charge < -0.3 is 24.7 Å². The molecule has 21 heavy (non-hydrogen) atoms. The summed E-state index contributed by atoms with van der Waals surface area (Å²) in [6, 6.07) is 4.28. The first-order valence-corrected chi connectivity index (χ1v) is 6.91. The number of hydrogen-bond donors (Lipinski definition) is 6. The molecule has 0 unspecified atom stereocenters. The molecule has 0 aromatic heterocycles. The van der Waals surface area contributed by atoms with Gasteiger partial charge in [0, 0.05) is 6.42 Å². The second-order valence-corrected chi connectivity index (χ2v) is 5.17. The number of hydrogen-bond acceptors (Lipinski definition) is 8. The minimum Gasteiger partial charge on any atom is -0.504 e. The topological polar surface area (TPSA) is 154 Å². The predicted octanol–water partition coefficient (Wildman–Crippen LogP) is -0.194. The molecule has 0 spiro atoms. The lowest BCUT2D eigenvalue weighted by Gasteiger charge is -2.23. The Morgan fingerprint density at radius 2 is 2.14 bits per heavy atom. The molecule has 0 saturated heterocycles. The lowest BCUT2D eigenvalue weighted by atomic mass is 9.93. The quantitative estimate of drug-likeness (QED) is 0.165. The van der Waals surface area contributed by atoms with Gasteiger partial charge in [0.1, 0.15) is 5.54 Å². The van der Waals surface area contributed by atoms with Crippen LogP contribution in [0.15, 0.2) is 18.2 Å². The normalized spacial score (nSPS) is 14.0. The number of nitrogens with two attached hydrogens (primary N) is 1. The van der Waals surface area contributed by atoms with Gasteiger partial charge in [-0.05, 0) is 24.6 Å². The van der Waals surface area contributed by atoms with E-state index in [0.717, 1.165) is 0 Å². The van der Waals surface area contributed by atoms with Crippen LogP contribution in [0.4, 0.5) is 0 Å². The Labute approximate surface area is 121 Å². The van der Waals surface area contributed by atoms with Crippen molar-refractivity contribution in [2.24, 2.45) is 5.84 Å². The van der Waals surface area contributed by atoms with E-state index in [9.17, 15) is 9.90 Å². The maximum atomic E-state index is 11.1. The molecule has 0 bridgehead atoms. The fourth-order valence-corrected chi connectivity index (χ4v) is 1.68. The van der Waals surface area contributed by atoms with E-state index in [4.69, 9.17) is 25.5 Å². The molecule has 0 aliphatic heterocycles. The number of carbonyl (C=O) groups is 1. The third-order valence-corrected chi connectivity index (χ3v) is 3.09. The lowest BCUT2D eigenvalue weighted by molar-refractivity contribution is -0.144. The number of ether oxygens (including phenoxy) is 1. The number of hydrazine groups is 1. The number of carboxylic acids is 1. The number of carboxylic acid groups (broad SMARTS) is 1. The summed E-state index contributed by atoms with van der Waals surface area (Å²) in [5, 5.41) is 18.9. The van der Waals surface area contributed by atoms with Crippen LogP contribution in [-0.2, 0) is 15.7 Å².